The smallest absolute Gasteiger partial charge is 0.116 e. The second kappa shape index (κ2) is 17.2. The highest BCUT2D eigenvalue weighted by Gasteiger charge is 2.17. The highest BCUT2D eigenvalue weighted by molar-refractivity contribution is 8.02. The fourth-order valence-corrected chi connectivity index (χ4v) is 7.92. The van der Waals surface area contributed by atoms with Crippen molar-refractivity contribution < 1.29 is 0 Å². The van der Waals surface area contributed by atoms with Gasteiger partial charge in [-0.25, -0.2) is 9.97 Å². The van der Waals surface area contributed by atoms with Gasteiger partial charge in [0.05, 0.1) is 17.4 Å². The third-order valence-electron chi connectivity index (χ3n) is 9.93. The van der Waals surface area contributed by atoms with E-state index in [0.29, 0.717) is 0 Å². The maximum Gasteiger partial charge on any atom is 0.116 e. The Labute approximate surface area is 327 Å². The zero-order valence-corrected chi connectivity index (χ0v) is 31.3. The van der Waals surface area contributed by atoms with E-state index in [4.69, 9.17) is 4.98 Å². The molecule has 4 aromatic carbocycles. The van der Waals surface area contributed by atoms with Gasteiger partial charge in [0.2, 0.25) is 0 Å². The fraction of sp³-hybridized carbons (Fsp3) is 0.102. The molecule has 0 spiro atoms. The Morgan fingerprint density at radius 3 is 2.33 bits per heavy atom. The highest BCUT2D eigenvalue weighted by Crippen LogP contribution is 2.41. The summed E-state index contributed by atoms with van der Waals surface area (Å²) in [5.74, 6) is 0.140. The third-order valence-corrected chi connectivity index (χ3v) is 10.8. The molecule has 2 atom stereocenters. The SMILES string of the molecule is C=C(NC(/C=C/C1/C=C/Sc2cc(-c3cc(-c4ccccc4)ncn3)ccc2-c2ccccc2-c2ccccc2/C=C/C1)c1ccncc1)C1=CC=NCC1. The average Bonchev–Trinajstić information content (AvgIpc) is 3.26. The van der Waals surface area contributed by atoms with Gasteiger partial charge in [0.15, 0.2) is 0 Å². The van der Waals surface area contributed by atoms with Gasteiger partial charge in [-0.15, -0.1) is 0 Å². The van der Waals surface area contributed by atoms with Gasteiger partial charge >= 0.3 is 0 Å². The van der Waals surface area contributed by atoms with Crippen molar-refractivity contribution in [1.29, 1.82) is 0 Å². The Morgan fingerprint density at radius 2 is 1.53 bits per heavy atom. The number of hydrogen-bond donors (Lipinski definition) is 1. The van der Waals surface area contributed by atoms with Crippen LogP contribution in [0.25, 0.3) is 50.8 Å². The summed E-state index contributed by atoms with van der Waals surface area (Å²) in [6.45, 7) is 5.18. The fourth-order valence-electron chi connectivity index (χ4n) is 7.00. The van der Waals surface area contributed by atoms with Crippen LogP contribution < -0.4 is 5.32 Å². The molecule has 0 aliphatic carbocycles. The highest BCUT2D eigenvalue weighted by atomic mass is 32.2. The minimum absolute atomic E-state index is 0.0722. The van der Waals surface area contributed by atoms with Crippen LogP contribution in [-0.2, 0) is 0 Å². The van der Waals surface area contributed by atoms with Crippen LogP contribution in [0.1, 0.15) is 30.0 Å². The van der Waals surface area contributed by atoms with E-state index in [9.17, 15) is 0 Å². The minimum Gasteiger partial charge on any atom is -0.375 e. The lowest BCUT2D eigenvalue weighted by molar-refractivity contribution is 0.701. The lowest BCUT2D eigenvalue weighted by Gasteiger charge is -2.21. The van der Waals surface area contributed by atoms with Gasteiger partial charge in [0.1, 0.15) is 6.33 Å². The Hall–Kier alpha value is -6.37. The molecular weight excluding hydrogens is 691 g/mol. The lowest BCUT2D eigenvalue weighted by atomic mass is 9.91. The van der Waals surface area contributed by atoms with E-state index in [0.717, 1.165) is 58.1 Å². The zero-order chi connectivity index (χ0) is 37.2. The van der Waals surface area contributed by atoms with E-state index in [-0.39, 0.29) is 12.0 Å². The van der Waals surface area contributed by atoms with Crippen LogP contribution in [0.5, 0.6) is 0 Å². The monoisotopic (exact) mass is 731 g/mol. The molecule has 4 heterocycles. The van der Waals surface area contributed by atoms with Crippen molar-refractivity contribution in [2.45, 2.75) is 23.8 Å². The Morgan fingerprint density at radius 1 is 0.782 bits per heavy atom. The molecule has 5 nitrogen and oxygen atoms in total. The summed E-state index contributed by atoms with van der Waals surface area (Å²) in [4.78, 5) is 19.1. The van der Waals surface area contributed by atoms with Crippen LogP contribution >= 0.6 is 11.8 Å². The molecule has 6 heteroatoms. The van der Waals surface area contributed by atoms with E-state index >= 15 is 0 Å². The normalized spacial score (nSPS) is 16.9. The number of aliphatic imine (C=N–C) groups is 1. The van der Waals surface area contributed by atoms with E-state index in [2.05, 4.69) is 166 Å². The second-order valence-corrected chi connectivity index (χ2v) is 14.5. The number of rotatable bonds is 8. The molecule has 0 amide bonds. The van der Waals surface area contributed by atoms with Crippen molar-refractivity contribution in [2.75, 3.05) is 6.54 Å². The van der Waals surface area contributed by atoms with Crippen molar-refractivity contribution in [3.8, 4) is 44.8 Å². The Balaban J connectivity index is 1.18. The maximum absolute atomic E-state index is 4.72. The van der Waals surface area contributed by atoms with Crippen LogP contribution in [0.3, 0.4) is 0 Å². The number of allylic oxidation sites excluding steroid dienone is 5. The summed E-state index contributed by atoms with van der Waals surface area (Å²) < 4.78 is 0. The van der Waals surface area contributed by atoms with Crippen molar-refractivity contribution in [1.82, 2.24) is 20.3 Å². The number of pyridine rings is 1. The molecule has 2 aliphatic rings. The van der Waals surface area contributed by atoms with Crippen LogP contribution in [0, 0.1) is 5.92 Å². The molecule has 2 unspecified atom stereocenters. The summed E-state index contributed by atoms with van der Waals surface area (Å²) in [5.41, 5.74) is 13.1. The molecule has 1 N–H and O–H groups in total. The van der Waals surface area contributed by atoms with Crippen molar-refractivity contribution in [2.24, 2.45) is 10.9 Å². The van der Waals surface area contributed by atoms with E-state index in [1.807, 2.05) is 36.8 Å². The minimum atomic E-state index is -0.0722. The molecule has 0 saturated heterocycles. The maximum atomic E-state index is 4.72. The molecule has 0 bridgehead atoms. The first-order valence-corrected chi connectivity index (χ1v) is 19.5. The molecule has 2 aromatic heterocycles. The number of nitrogens with zero attached hydrogens (tertiary/aromatic N) is 4. The van der Waals surface area contributed by atoms with Crippen LogP contribution in [0.2, 0.25) is 0 Å². The van der Waals surface area contributed by atoms with Gasteiger partial charge in [0.25, 0.3) is 0 Å². The summed E-state index contributed by atoms with van der Waals surface area (Å²) in [7, 11) is 0. The number of nitrogens with one attached hydrogen (secondary N) is 1. The predicted octanol–water partition coefficient (Wildman–Crippen LogP) is 12.0. The zero-order valence-electron chi connectivity index (χ0n) is 30.5. The van der Waals surface area contributed by atoms with Gasteiger partial charge in [-0.05, 0) is 93.5 Å². The summed E-state index contributed by atoms with van der Waals surface area (Å²) in [5, 5.41) is 5.94. The molecule has 0 fully saturated rings. The topological polar surface area (TPSA) is 63.1 Å². The standard InChI is InChI=1S/C49H41N5S/c1-35(37-22-27-50-28-23-37)54-46(40-24-29-51-30-25-40)21-18-36-10-9-14-38-11-5-6-15-42(38)43-16-7-8-17-44(43)45-20-19-41(32-49(45)55-31-26-36)48-33-47(52-34-53-48)39-12-3-2-4-13-39/h2-9,11-22,24-27,29-34,36,46,54H,1,10,23,28H2/b14-9+,21-18+,31-26+. The Bertz CT molecular complexity index is 2450. The lowest BCUT2D eigenvalue weighted by Crippen LogP contribution is -2.21. The number of fused-ring (bicyclic) bond motifs is 5. The molecule has 0 saturated carbocycles. The predicted molar refractivity (Wildman–Crippen MR) is 230 cm³/mol. The number of hydrogen-bond acceptors (Lipinski definition) is 6. The second-order valence-electron chi connectivity index (χ2n) is 13.5. The molecular formula is C49H41N5S. The van der Waals surface area contributed by atoms with Gasteiger partial charge in [-0.1, -0.05) is 140 Å². The first-order chi connectivity index (χ1) is 27.2. The van der Waals surface area contributed by atoms with Crippen molar-refractivity contribution >= 4 is 24.1 Å². The van der Waals surface area contributed by atoms with Gasteiger partial charge < -0.3 is 5.32 Å². The largest absolute Gasteiger partial charge is 0.375 e. The summed E-state index contributed by atoms with van der Waals surface area (Å²) in [6, 6.07) is 40.5. The van der Waals surface area contributed by atoms with E-state index < -0.39 is 0 Å². The molecule has 55 heavy (non-hydrogen) atoms. The molecule has 8 rings (SSSR count). The van der Waals surface area contributed by atoms with E-state index in [1.54, 1.807) is 18.1 Å². The van der Waals surface area contributed by atoms with E-state index in [1.165, 1.54) is 33.4 Å². The number of aromatic nitrogens is 3. The summed E-state index contributed by atoms with van der Waals surface area (Å²) in [6.07, 6.45) is 22.5. The molecule has 268 valence electrons. The number of dihydropyridines is 1. The van der Waals surface area contributed by atoms with Gasteiger partial charge in [-0.2, -0.15) is 0 Å². The van der Waals surface area contributed by atoms with Crippen LogP contribution in [-0.4, -0.2) is 27.7 Å². The molecule has 0 radical (unpaired) electrons. The number of thioether (sulfide) groups is 1. The first kappa shape index (κ1) is 35.6. The third kappa shape index (κ3) is 8.56. The van der Waals surface area contributed by atoms with Crippen molar-refractivity contribution in [3.63, 3.8) is 0 Å². The summed E-state index contributed by atoms with van der Waals surface area (Å²) >= 11 is 1.75. The molecule has 2 aliphatic heterocycles. The number of benzene rings is 4. The van der Waals surface area contributed by atoms with Crippen molar-refractivity contribution in [3.05, 3.63) is 199 Å². The quantitative estimate of drug-likeness (QED) is 0.158. The van der Waals surface area contributed by atoms with Gasteiger partial charge in [0, 0.05) is 46.9 Å². The van der Waals surface area contributed by atoms with Crippen LogP contribution in [0.4, 0.5) is 0 Å². The first-order valence-electron chi connectivity index (χ1n) is 18.6. The van der Waals surface area contributed by atoms with Gasteiger partial charge in [-0.3, -0.25) is 9.98 Å². The Kier molecular flexibility index (Phi) is 11.1. The molecule has 6 aromatic rings. The average molecular weight is 732 g/mol. The van der Waals surface area contributed by atoms with Crippen LogP contribution in [0.15, 0.2) is 198 Å².